The topological polar surface area (TPSA) is 77.0 Å². The van der Waals surface area contributed by atoms with Crippen molar-refractivity contribution < 1.29 is 4.79 Å². The van der Waals surface area contributed by atoms with E-state index < -0.39 is 6.03 Å². The predicted molar refractivity (Wildman–Crippen MR) is 68.7 cm³/mol. The third kappa shape index (κ3) is 2.17. The van der Waals surface area contributed by atoms with Gasteiger partial charge in [0.15, 0.2) is 0 Å². The van der Waals surface area contributed by atoms with Crippen molar-refractivity contribution in [2.45, 2.75) is 13.8 Å². The second kappa shape index (κ2) is 4.87. The SMILES string of the molecule is CCN(C(N)=O)c1cn(-c2cccnc2)nc1C. The van der Waals surface area contributed by atoms with Crippen molar-refractivity contribution in [3.05, 3.63) is 36.4 Å². The Hall–Kier alpha value is -2.37. The molecule has 2 rings (SSSR count). The van der Waals surface area contributed by atoms with Gasteiger partial charge in [0.1, 0.15) is 0 Å². The van der Waals surface area contributed by atoms with Crippen LogP contribution in [0.1, 0.15) is 12.6 Å². The van der Waals surface area contributed by atoms with Crippen LogP contribution in [-0.2, 0) is 0 Å². The van der Waals surface area contributed by atoms with Gasteiger partial charge in [-0.3, -0.25) is 9.88 Å². The van der Waals surface area contributed by atoms with Gasteiger partial charge >= 0.3 is 6.03 Å². The number of carbonyl (C=O) groups excluding carboxylic acids is 1. The number of amides is 2. The summed E-state index contributed by atoms with van der Waals surface area (Å²) < 4.78 is 1.68. The molecule has 0 unspecified atom stereocenters. The van der Waals surface area contributed by atoms with Crippen molar-refractivity contribution in [1.82, 2.24) is 14.8 Å². The molecule has 0 aliphatic heterocycles. The molecule has 2 N–H and O–H groups in total. The van der Waals surface area contributed by atoms with Gasteiger partial charge < -0.3 is 5.73 Å². The minimum Gasteiger partial charge on any atom is -0.351 e. The third-order valence-electron chi connectivity index (χ3n) is 2.66. The van der Waals surface area contributed by atoms with Crippen LogP contribution in [-0.4, -0.2) is 27.3 Å². The molecule has 0 saturated carbocycles. The number of carbonyl (C=O) groups is 1. The second-order valence-corrected chi connectivity index (χ2v) is 3.84. The number of nitrogens with two attached hydrogens (primary N) is 1. The molecule has 0 bridgehead atoms. The average Bonchev–Trinajstić information content (AvgIpc) is 2.73. The highest BCUT2D eigenvalue weighted by molar-refractivity contribution is 5.91. The largest absolute Gasteiger partial charge is 0.351 e. The maximum atomic E-state index is 11.3. The lowest BCUT2D eigenvalue weighted by atomic mass is 10.3. The van der Waals surface area contributed by atoms with Crippen molar-refractivity contribution in [2.75, 3.05) is 11.4 Å². The number of urea groups is 1. The summed E-state index contributed by atoms with van der Waals surface area (Å²) in [5.41, 5.74) is 7.64. The molecule has 6 nitrogen and oxygen atoms in total. The number of anilines is 1. The Morgan fingerprint density at radius 1 is 1.56 bits per heavy atom. The molecule has 2 heterocycles. The van der Waals surface area contributed by atoms with Gasteiger partial charge in [-0.05, 0) is 26.0 Å². The quantitative estimate of drug-likeness (QED) is 0.889. The molecule has 94 valence electrons. The maximum absolute atomic E-state index is 11.3. The standard InChI is InChI=1S/C12H15N5O/c1-3-16(12(13)18)11-8-17(15-9(11)2)10-5-4-6-14-7-10/h4-8H,3H2,1-2H3,(H2,13,18). The molecule has 0 fully saturated rings. The number of hydrogen-bond acceptors (Lipinski definition) is 3. The molecule has 0 spiro atoms. The van der Waals surface area contributed by atoms with Crippen molar-refractivity contribution in [3.63, 3.8) is 0 Å². The summed E-state index contributed by atoms with van der Waals surface area (Å²) in [6, 6.07) is 3.24. The highest BCUT2D eigenvalue weighted by atomic mass is 16.2. The van der Waals surface area contributed by atoms with Gasteiger partial charge in [-0.1, -0.05) is 0 Å². The molecular weight excluding hydrogens is 230 g/mol. The van der Waals surface area contributed by atoms with Crippen LogP contribution in [0.2, 0.25) is 0 Å². The maximum Gasteiger partial charge on any atom is 0.319 e. The van der Waals surface area contributed by atoms with E-state index in [-0.39, 0.29) is 0 Å². The zero-order valence-corrected chi connectivity index (χ0v) is 10.4. The van der Waals surface area contributed by atoms with Gasteiger partial charge in [0.25, 0.3) is 0 Å². The van der Waals surface area contributed by atoms with E-state index in [9.17, 15) is 4.79 Å². The predicted octanol–water partition coefficient (Wildman–Crippen LogP) is 1.48. The fourth-order valence-corrected chi connectivity index (χ4v) is 1.78. The number of aryl methyl sites for hydroxylation is 1. The lowest BCUT2D eigenvalue weighted by Crippen LogP contribution is -2.35. The molecule has 0 radical (unpaired) electrons. The summed E-state index contributed by atoms with van der Waals surface area (Å²) in [4.78, 5) is 16.8. The number of nitrogens with zero attached hydrogens (tertiary/aromatic N) is 4. The van der Waals surface area contributed by atoms with Crippen LogP contribution >= 0.6 is 0 Å². The minimum absolute atomic E-state index is 0.480. The fraction of sp³-hybridized carbons (Fsp3) is 0.250. The number of rotatable bonds is 3. The van der Waals surface area contributed by atoms with Crippen LogP contribution in [0, 0.1) is 6.92 Å². The fourth-order valence-electron chi connectivity index (χ4n) is 1.78. The third-order valence-corrected chi connectivity index (χ3v) is 2.66. The molecule has 0 aromatic carbocycles. The zero-order valence-electron chi connectivity index (χ0n) is 10.4. The summed E-state index contributed by atoms with van der Waals surface area (Å²) in [6.45, 7) is 4.22. The summed E-state index contributed by atoms with van der Waals surface area (Å²) in [7, 11) is 0. The summed E-state index contributed by atoms with van der Waals surface area (Å²) in [5.74, 6) is 0. The Balaban J connectivity index is 2.41. The number of pyridine rings is 1. The molecule has 2 aromatic rings. The summed E-state index contributed by atoms with van der Waals surface area (Å²) in [6.07, 6.45) is 5.18. The Morgan fingerprint density at radius 2 is 2.33 bits per heavy atom. The van der Waals surface area contributed by atoms with Gasteiger partial charge in [-0.25, -0.2) is 9.48 Å². The van der Waals surface area contributed by atoms with Crippen LogP contribution in [0.4, 0.5) is 10.5 Å². The molecule has 6 heteroatoms. The first-order valence-corrected chi connectivity index (χ1v) is 5.67. The lowest BCUT2D eigenvalue weighted by molar-refractivity contribution is 0.254. The van der Waals surface area contributed by atoms with Crippen LogP contribution in [0.25, 0.3) is 5.69 Å². The van der Waals surface area contributed by atoms with E-state index in [4.69, 9.17) is 5.73 Å². The molecule has 0 aliphatic rings. The molecule has 18 heavy (non-hydrogen) atoms. The molecule has 2 amide bonds. The highest BCUT2D eigenvalue weighted by Gasteiger charge is 2.16. The van der Waals surface area contributed by atoms with E-state index in [1.165, 1.54) is 4.90 Å². The van der Waals surface area contributed by atoms with Gasteiger partial charge in [-0.2, -0.15) is 5.10 Å². The van der Waals surface area contributed by atoms with Crippen molar-refractivity contribution >= 4 is 11.7 Å². The van der Waals surface area contributed by atoms with E-state index in [0.717, 1.165) is 11.4 Å². The molecule has 0 atom stereocenters. The molecule has 2 aromatic heterocycles. The summed E-state index contributed by atoms with van der Waals surface area (Å²) >= 11 is 0. The smallest absolute Gasteiger partial charge is 0.319 e. The van der Waals surface area contributed by atoms with Crippen molar-refractivity contribution in [2.24, 2.45) is 5.73 Å². The average molecular weight is 245 g/mol. The van der Waals surface area contributed by atoms with Gasteiger partial charge in [0.05, 0.1) is 29.5 Å². The van der Waals surface area contributed by atoms with E-state index in [1.54, 1.807) is 23.3 Å². The van der Waals surface area contributed by atoms with Gasteiger partial charge in [-0.15, -0.1) is 0 Å². The highest BCUT2D eigenvalue weighted by Crippen LogP contribution is 2.20. The number of aromatic nitrogens is 3. The number of hydrogen-bond donors (Lipinski definition) is 1. The summed E-state index contributed by atoms with van der Waals surface area (Å²) in [5, 5.41) is 4.36. The van der Waals surface area contributed by atoms with Crippen LogP contribution in [0.3, 0.4) is 0 Å². The van der Waals surface area contributed by atoms with Crippen LogP contribution in [0.5, 0.6) is 0 Å². The minimum atomic E-state index is -0.480. The normalized spacial score (nSPS) is 10.3. The lowest BCUT2D eigenvalue weighted by Gasteiger charge is -2.16. The van der Waals surface area contributed by atoms with Gasteiger partial charge in [0.2, 0.25) is 0 Å². The second-order valence-electron chi connectivity index (χ2n) is 3.84. The van der Waals surface area contributed by atoms with E-state index in [1.807, 2.05) is 26.0 Å². The van der Waals surface area contributed by atoms with E-state index >= 15 is 0 Å². The van der Waals surface area contributed by atoms with Gasteiger partial charge in [0, 0.05) is 12.7 Å². The van der Waals surface area contributed by atoms with Crippen molar-refractivity contribution in [3.8, 4) is 5.69 Å². The first kappa shape index (κ1) is 12.1. The van der Waals surface area contributed by atoms with Crippen LogP contribution in [0.15, 0.2) is 30.7 Å². The first-order chi connectivity index (χ1) is 8.63. The number of primary amides is 1. The molecule has 0 saturated heterocycles. The molecule has 0 aliphatic carbocycles. The Morgan fingerprint density at radius 3 is 2.89 bits per heavy atom. The first-order valence-electron chi connectivity index (χ1n) is 5.67. The van der Waals surface area contributed by atoms with Crippen LogP contribution < -0.4 is 10.6 Å². The zero-order chi connectivity index (χ0) is 13.1. The molecular formula is C12H15N5O. The Bertz CT molecular complexity index is 549. The van der Waals surface area contributed by atoms with Crippen molar-refractivity contribution in [1.29, 1.82) is 0 Å². The monoisotopic (exact) mass is 245 g/mol. The van der Waals surface area contributed by atoms with E-state index in [2.05, 4.69) is 10.1 Å². The Kier molecular flexibility index (Phi) is 3.27. The van der Waals surface area contributed by atoms with E-state index in [0.29, 0.717) is 12.2 Å². The Labute approximate surface area is 105 Å².